The monoisotopic (exact) mass is 883 g/mol. The molecular weight excluding hydrogens is 817 g/mol. The van der Waals surface area contributed by atoms with E-state index in [1.807, 2.05) is 36.4 Å². The summed E-state index contributed by atoms with van der Waals surface area (Å²) in [6.45, 7) is 13.3. The Labute approximate surface area is 390 Å². The van der Waals surface area contributed by atoms with Crippen LogP contribution in [0.4, 0.5) is 0 Å². The van der Waals surface area contributed by atoms with Crippen molar-refractivity contribution in [2.24, 2.45) is 0 Å². The van der Waals surface area contributed by atoms with Crippen molar-refractivity contribution in [1.29, 1.82) is 0 Å². The van der Waals surface area contributed by atoms with Crippen molar-refractivity contribution in [2.45, 2.75) is 116 Å². The van der Waals surface area contributed by atoms with Crippen LogP contribution < -0.4 is 0 Å². The molecule has 2 fully saturated rings. The van der Waals surface area contributed by atoms with E-state index in [4.69, 9.17) is 9.97 Å². The van der Waals surface area contributed by atoms with Crippen LogP contribution in [0.15, 0.2) is 97.1 Å². The van der Waals surface area contributed by atoms with E-state index in [1.54, 1.807) is 0 Å². The fourth-order valence-electron chi connectivity index (χ4n) is 11.8. The maximum atomic E-state index is 14.6. The van der Waals surface area contributed by atoms with Crippen LogP contribution in [-0.4, -0.2) is 90.6 Å². The Morgan fingerprint density at radius 3 is 1.61 bits per heavy atom. The molecule has 10 heteroatoms. The van der Waals surface area contributed by atoms with Crippen LogP contribution >= 0.6 is 0 Å². The number of aromatic amines is 2. The highest BCUT2D eigenvalue weighted by molar-refractivity contribution is 5.85. The average Bonchev–Trinajstić information content (AvgIpc) is 4.18. The van der Waals surface area contributed by atoms with Crippen molar-refractivity contribution in [3.63, 3.8) is 0 Å². The maximum absolute atomic E-state index is 14.6. The molecular formula is C56H66N8O2. The van der Waals surface area contributed by atoms with Crippen molar-refractivity contribution < 1.29 is 9.59 Å². The molecule has 342 valence electrons. The van der Waals surface area contributed by atoms with Gasteiger partial charge in [0, 0.05) is 35.6 Å². The summed E-state index contributed by atoms with van der Waals surface area (Å²) in [5.41, 5.74) is 14.1. The molecule has 2 N–H and O–H groups in total. The minimum absolute atomic E-state index is 0.0722. The number of hydrogen-bond acceptors (Lipinski definition) is 6. The van der Waals surface area contributed by atoms with Crippen LogP contribution in [0.5, 0.6) is 0 Å². The standard InChI is InChI=1S/C56H66N8O2/c1-5-61(6-2)51(37-20-11-9-12-21-37)55(65)63-34-18-30-47(63)53-57-45-28-15-24-39-36-40(32-33-42(39)49(45)59-53)41-25-16-27-44-43(41)26-17-29-46-50(44)60-54(58-46)48-31-19-35-64(48)56(66)52(62(7-3)8-4)38-22-13-10-14-23-38/h9-14,16,20-23,25,27,32-33,36,47-48,51-52H,5-8,15,17-19,24,26,28-31,34-35H2,1-4H3,(H,57,59)(H,58,60)/t47-,48+,51-,52-/m1/s1. The van der Waals surface area contributed by atoms with Gasteiger partial charge < -0.3 is 19.8 Å². The number of H-pyrrole nitrogens is 2. The molecule has 4 heterocycles. The molecule has 2 amide bonds. The average molecular weight is 883 g/mol. The molecule has 4 atom stereocenters. The summed E-state index contributed by atoms with van der Waals surface area (Å²) >= 11 is 0. The summed E-state index contributed by atoms with van der Waals surface area (Å²) in [6.07, 6.45) is 9.60. The lowest BCUT2D eigenvalue weighted by atomic mass is 9.90. The molecule has 0 radical (unpaired) electrons. The Balaban J connectivity index is 0.928. The molecule has 0 saturated carbocycles. The van der Waals surface area contributed by atoms with Crippen molar-refractivity contribution in [2.75, 3.05) is 39.3 Å². The quantitative estimate of drug-likeness (QED) is 0.120. The summed E-state index contributed by atoms with van der Waals surface area (Å²) in [5.74, 6) is 2.17. The molecule has 6 aromatic rings. The molecule has 2 aliphatic heterocycles. The van der Waals surface area contributed by atoms with Crippen LogP contribution in [0.3, 0.4) is 0 Å². The van der Waals surface area contributed by atoms with E-state index in [-0.39, 0.29) is 36.0 Å². The number of likely N-dealkylation sites (N-methyl/N-ethyl adjacent to an activating group) is 2. The fourth-order valence-corrected chi connectivity index (χ4v) is 11.8. The third-order valence-corrected chi connectivity index (χ3v) is 15.2. The number of amides is 2. The highest BCUT2D eigenvalue weighted by Crippen LogP contribution is 2.43. The maximum Gasteiger partial charge on any atom is 0.245 e. The van der Waals surface area contributed by atoms with E-state index in [2.05, 4.69) is 118 Å². The minimum Gasteiger partial charge on any atom is -0.344 e. The number of nitrogens with one attached hydrogen (secondary N) is 2. The van der Waals surface area contributed by atoms with Crippen LogP contribution in [-0.2, 0) is 35.3 Å². The number of carbonyl (C=O) groups is 2. The Morgan fingerprint density at radius 1 is 0.576 bits per heavy atom. The Bertz CT molecular complexity index is 2660. The van der Waals surface area contributed by atoms with Gasteiger partial charge in [0.2, 0.25) is 11.8 Å². The molecule has 10 nitrogen and oxygen atoms in total. The predicted molar refractivity (Wildman–Crippen MR) is 263 cm³/mol. The fraction of sp³-hybridized carbons (Fsp3) is 0.429. The van der Waals surface area contributed by atoms with Gasteiger partial charge in [0.15, 0.2) is 0 Å². The second-order valence-corrected chi connectivity index (χ2v) is 18.8. The van der Waals surface area contributed by atoms with Crippen molar-refractivity contribution in [3.8, 4) is 33.6 Å². The molecule has 4 aliphatic rings. The topological polar surface area (TPSA) is 104 Å². The van der Waals surface area contributed by atoms with Gasteiger partial charge in [0.1, 0.15) is 23.7 Å². The van der Waals surface area contributed by atoms with Crippen LogP contribution in [0.1, 0.15) is 136 Å². The minimum atomic E-state index is -0.315. The van der Waals surface area contributed by atoms with Crippen molar-refractivity contribution in [1.82, 2.24) is 39.5 Å². The number of aryl methyl sites for hydroxylation is 3. The van der Waals surface area contributed by atoms with E-state index in [0.717, 1.165) is 138 Å². The van der Waals surface area contributed by atoms with Gasteiger partial charge in [-0.1, -0.05) is 125 Å². The van der Waals surface area contributed by atoms with Gasteiger partial charge in [0.05, 0.1) is 23.5 Å². The Kier molecular flexibility index (Phi) is 12.8. The first-order valence-electron chi connectivity index (χ1n) is 25.0. The summed E-state index contributed by atoms with van der Waals surface area (Å²) in [6, 6.07) is 33.5. The lowest BCUT2D eigenvalue weighted by Gasteiger charge is -2.34. The first kappa shape index (κ1) is 44.0. The van der Waals surface area contributed by atoms with E-state index >= 15 is 0 Å². The number of benzene rings is 4. The molecule has 2 saturated heterocycles. The SMILES string of the molecule is CCN(CC)[C@@H](C(=O)N1CCC[C@@H]1c1nc2c([nH]1)CCCc1cc(-c3cccc4c3CCCc3[nH]c([C@@H]5CCCN5C(=O)[C@@H](c5ccccc5)N(CC)CC)nc3-4)ccc1-2)c1ccccc1. The van der Waals surface area contributed by atoms with Gasteiger partial charge in [-0.25, -0.2) is 9.97 Å². The first-order valence-corrected chi connectivity index (χ1v) is 25.0. The van der Waals surface area contributed by atoms with E-state index in [1.165, 1.54) is 44.8 Å². The summed E-state index contributed by atoms with van der Waals surface area (Å²) < 4.78 is 0. The second kappa shape index (κ2) is 19.2. The lowest BCUT2D eigenvalue weighted by Crippen LogP contribution is -2.43. The number of fused-ring (bicyclic) bond motifs is 6. The van der Waals surface area contributed by atoms with E-state index in [9.17, 15) is 9.59 Å². The van der Waals surface area contributed by atoms with E-state index in [0.29, 0.717) is 0 Å². The van der Waals surface area contributed by atoms with Gasteiger partial charge in [-0.3, -0.25) is 19.4 Å². The zero-order valence-electron chi connectivity index (χ0n) is 39.4. The second-order valence-electron chi connectivity index (χ2n) is 18.8. The number of aromatic nitrogens is 4. The number of nitrogens with zero attached hydrogens (tertiary/aromatic N) is 6. The largest absolute Gasteiger partial charge is 0.344 e. The summed E-state index contributed by atoms with van der Waals surface area (Å²) in [4.78, 5) is 56.3. The smallest absolute Gasteiger partial charge is 0.245 e. The van der Waals surface area contributed by atoms with Crippen LogP contribution in [0.2, 0.25) is 0 Å². The first-order chi connectivity index (χ1) is 32.4. The lowest BCUT2D eigenvalue weighted by molar-refractivity contribution is -0.139. The summed E-state index contributed by atoms with van der Waals surface area (Å²) in [7, 11) is 0. The number of likely N-dealkylation sites (tertiary alicyclic amines) is 2. The molecule has 2 aliphatic carbocycles. The van der Waals surface area contributed by atoms with Crippen LogP contribution in [0.25, 0.3) is 33.6 Å². The van der Waals surface area contributed by atoms with E-state index < -0.39 is 0 Å². The molecule has 66 heavy (non-hydrogen) atoms. The number of rotatable bonds is 13. The Hall–Kier alpha value is -5.84. The van der Waals surface area contributed by atoms with Crippen molar-refractivity contribution >= 4 is 11.8 Å². The molecule has 0 bridgehead atoms. The zero-order chi connectivity index (χ0) is 45.3. The third kappa shape index (κ3) is 8.10. The highest BCUT2D eigenvalue weighted by Gasteiger charge is 2.40. The normalized spacial score (nSPS) is 18.9. The summed E-state index contributed by atoms with van der Waals surface area (Å²) in [5, 5.41) is 0. The molecule has 4 aromatic carbocycles. The molecule has 10 rings (SSSR count). The van der Waals surface area contributed by atoms with Gasteiger partial charge in [-0.15, -0.1) is 0 Å². The third-order valence-electron chi connectivity index (χ3n) is 15.2. The van der Waals surface area contributed by atoms with Gasteiger partial charge in [0.25, 0.3) is 0 Å². The number of hydrogen-bond donors (Lipinski definition) is 2. The Morgan fingerprint density at radius 2 is 1.08 bits per heavy atom. The highest BCUT2D eigenvalue weighted by atomic mass is 16.2. The number of imidazole rings is 2. The van der Waals surface area contributed by atoms with Gasteiger partial charge in [-0.2, -0.15) is 0 Å². The van der Waals surface area contributed by atoms with Crippen molar-refractivity contribution in [3.05, 3.63) is 142 Å². The van der Waals surface area contributed by atoms with Crippen LogP contribution in [0, 0.1) is 0 Å². The zero-order valence-corrected chi connectivity index (χ0v) is 39.4. The molecule has 2 aromatic heterocycles. The van der Waals surface area contributed by atoms with Gasteiger partial charge in [-0.05, 0) is 124 Å². The molecule has 0 unspecified atom stereocenters. The predicted octanol–water partition coefficient (Wildman–Crippen LogP) is 10.6. The molecule has 0 spiro atoms. The van der Waals surface area contributed by atoms with Gasteiger partial charge >= 0.3 is 0 Å². The number of carbonyl (C=O) groups excluding carboxylic acids is 2.